The molecule has 0 aliphatic heterocycles. The van der Waals surface area contributed by atoms with Gasteiger partial charge in [0, 0.05) is 11.0 Å². The summed E-state index contributed by atoms with van der Waals surface area (Å²) in [6.45, 7) is 2.16. The van der Waals surface area contributed by atoms with Crippen molar-refractivity contribution in [2.45, 2.75) is 24.8 Å². The minimum Gasteiger partial charge on any atom is -0.326 e. The summed E-state index contributed by atoms with van der Waals surface area (Å²) in [5.74, 6) is 0. The molecule has 0 heterocycles. The molecule has 3 N–H and O–H groups in total. The highest BCUT2D eigenvalue weighted by atomic mass is 79.9. The number of benzene rings is 2. The standard InChI is InChI=1S/C15H17BrN2O2S/c1-2-11-9-13(16)7-8-14(11)18-21(19,20)15-6-4-3-5-12(15)10-17/h3-9,18H,2,10,17H2,1H3. The van der Waals surface area contributed by atoms with Crippen LogP contribution in [0.25, 0.3) is 0 Å². The molecule has 112 valence electrons. The van der Waals surface area contributed by atoms with Crippen molar-refractivity contribution in [1.82, 2.24) is 0 Å². The zero-order chi connectivity index (χ0) is 15.5. The fraction of sp³-hybridized carbons (Fsp3) is 0.200. The molecular weight excluding hydrogens is 352 g/mol. The Bertz CT molecular complexity index is 745. The smallest absolute Gasteiger partial charge is 0.262 e. The second kappa shape index (κ2) is 6.60. The van der Waals surface area contributed by atoms with Crippen LogP contribution in [-0.2, 0) is 23.0 Å². The molecule has 21 heavy (non-hydrogen) atoms. The lowest BCUT2D eigenvalue weighted by Gasteiger charge is -2.14. The molecule has 0 radical (unpaired) electrons. The summed E-state index contributed by atoms with van der Waals surface area (Å²) in [7, 11) is -3.65. The first-order chi connectivity index (χ1) is 9.97. The summed E-state index contributed by atoms with van der Waals surface area (Å²) in [5, 5.41) is 0. The molecule has 0 spiro atoms. The maximum atomic E-state index is 12.6. The third-order valence-corrected chi connectivity index (χ3v) is 5.13. The topological polar surface area (TPSA) is 72.2 Å². The normalized spacial score (nSPS) is 11.4. The van der Waals surface area contributed by atoms with Crippen molar-refractivity contribution in [3.05, 3.63) is 58.1 Å². The van der Waals surface area contributed by atoms with E-state index in [0.29, 0.717) is 11.3 Å². The Balaban J connectivity index is 2.42. The number of nitrogens with one attached hydrogen (secondary N) is 1. The fourth-order valence-electron chi connectivity index (χ4n) is 2.09. The SMILES string of the molecule is CCc1cc(Br)ccc1NS(=O)(=O)c1ccccc1CN. The van der Waals surface area contributed by atoms with E-state index < -0.39 is 10.0 Å². The molecule has 0 fully saturated rings. The third-order valence-electron chi connectivity index (χ3n) is 3.17. The minimum absolute atomic E-state index is 0.179. The summed E-state index contributed by atoms with van der Waals surface area (Å²) in [6.07, 6.45) is 0.732. The van der Waals surface area contributed by atoms with Crippen LogP contribution in [0.3, 0.4) is 0 Å². The zero-order valence-corrected chi connectivity index (χ0v) is 14.0. The van der Waals surface area contributed by atoms with Crippen molar-refractivity contribution in [2.24, 2.45) is 5.73 Å². The second-order valence-electron chi connectivity index (χ2n) is 4.57. The van der Waals surface area contributed by atoms with Crippen LogP contribution in [0.1, 0.15) is 18.1 Å². The molecule has 0 amide bonds. The molecule has 0 atom stereocenters. The van der Waals surface area contributed by atoms with Crippen molar-refractivity contribution < 1.29 is 8.42 Å². The Morgan fingerprint density at radius 1 is 1.14 bits per heavy atom. The van der Waals surface area contributed by atoms with Gasteiger partial charge in [0.15, 0.2) is 0 Å². The van der Waals surface area contributed by atoms with Crippen LogP contribution in [0.2, 0.25) is 0 Å². The van der Waals surface area contributed by atoms with E-state index in [1.807, 2.05) is 19.1 Å². The van der Waals surface area contributed by atoms with Crippen LogP contribution >= 0.6 is 15.9 Å². The van der Waals surface area contributed by atoms with Gasteiger partial charge < -0.3 is 5.73 Å². The molecule has 2 aromatic rings. The van der Waals surface area contributed by atoms with Gasteiger partial charge in [-0.3, -0.25) is 4.72 Å². The number of halogens is 1. The van der Waals surface area contributed by atoms with E-state index >= 15 is 0 Å². The summed E-state index contributed by atoms with van der Waals surface area (Å²) >= 11 is 3.39. The van der Waals surface area contributed by atoms with Gasteiger partial charge >= 0.3 is 0 Å². The highest BCUT2D eigenvalue weighted by molar-refractivity contribution is 9.10. The first-order valence-corrected chi connectivity index (χ1v) is 8.84. The van der Waals surface area contributed by atoms with Crippen molar-refractivity contribution in [3.63, 3.8) is 0 Å². The van der Waals surface area contributed by atoms with Crippen LogP contribution in [0.15, 0.2) is 51.8 Å². The molecule has 0 unspecified atom stereocenters. The van der Waals surface area contributed by atoms with Crippen molar-refractivity contribution in [1.29, 1.82) is 0 Å². The van der Waals surface area contributed by atoms with Crippen LogP contribution in [-0.4, -0.2) is 8.42 Å². The number of rotatable bonds is 5. The van der Waals surface area contributed by atoms with E-state index in [0.717, 1.165) is 16.5 Å². The molecule has 0 aliphatic rings. The van der Waals surface area contributed by atoms with Gasteiger partial charge in [-0.25, -0.2) is 8.42 Å². The largest absolute Gasteiger partial charge is 0.326 e. The Morgan fingerprint density at radius 3 is 2.52 bits per heavy atom. The molecule has 0 saturated heterocycles. The van der Waals surface area contributed by atoms with Gasteiger partial charge in [-0.1, -0.05) is 41.1 Å². The highest BCUT2D eigenvalue weighted by Gasteiger charge is 2.18. The summed E-state index contributed by atoms with van der Waals surface area (Å²) < 4.78 is 28.7. The van der Waals surface area contributed by atoms with Crippen LogP contribution in [0.5, 0.6) is 0 Å². The third kappa shape index (κ3) is 3.64. The molecule has 2 aromatic carbocycles. The molecule has 0 bridgehead atoms. The lowest BCUT2D eigenvalue weighted by Crippen LogP contribution is -2.17. The number of hydrogen-bond acceptors (Lipinski definition) is 3. The van der Waals surface area contributed by atoms with Gasteiger partial charge in [0.25, 0.3) is 10.0 Å². The minimum atomic E-state index is -3.65. The Hall–Kier alpha value is -1.37. The molecular formula is C15H17BrN2O2S. The van der Waals surface area contributed by atoms with E-state index in [1.165, 1.54) is 0 Å². The van der Waals surface area contributed by atoms with Gasteiger partial charge in [-0.2, -0.15) is 0 Å². The number of aryl methyl sites for hydroxylation is 1. The molecule has 6 heteroatoms. The molecule has 2 rings (SSSR count). The number of hydrogen-bond donors (Lipinski definition) is 2. The molecule has 4 nitrogen and oxygen atoms in total. The maximum absolute atomic E-state index is 12.6. The average Bonchev–Trinajstić information content (AvgIpc) is 2.48. The van der Waals surface area contributed by atoms with Gasteiger partial charge in [0.2, 0.25) is 0 Å². The zero-order valence-electron chi connectivity index (χ0n) is 11.6. The molecule has 0 saturated carbocycles. The van der Waals surface area contributed by atoms with Crippen LogP contribution in [0, 0.1) is 0 Å². The molecule has 0 aromatic heterocycles. The van der Waals surface area contributed by atoms with Gasteiger partial charge in [-0.15, -0.1) is 0 Å². The first-order valence-electron chi connectivity index (χ1n) is 6.57. The fourth-order valence-corrected chi connectivity index (χ4v) is 3.85. The average molecular weight is 369 g/mol. The van der Waals surface area contributed by atoms with Gasteiger partial charge in [0.05, 0.1) is 10.6 Å². The Labute approximate surface area is 133 Å². The Kier molecular flexibility index (Phi) is 5.03. The van der Waals surface area contributed by atoms with E-state index in [1.54, 1.807) is 30.3 Å². The number of nitrogens with two attached hydrogens (primary N) is 1. The first kappa shape index (κ1) is 16.0. The Morgan fingerprint density at radius 2 is 1.86 bits per heavy atom. The lowest BCUT2D eigenvalue weighted by molar-refractivity contribution is 0.600. The van der Waals surface area contributed by atoms with E-state index in [9.17, 15) is 8.42 Å². The van der Waals surface area contributed by atoms with E-state index in [-0.39, 0.29) is 11.4 Å². The number of sulfonamides is 1. The van der Waals surface area contributed by atoms with Gasteiger partial charge in [0.1, 0.15) is 0 Å². The van der Waals surface area contributed by atoms with Crippen LogP contribution < -0.4 is 10.5 Å². The number of anilines is 1. The maximum Gasteiger partial charge on any atom is 0.262 e. The van der Waals surface area contributed by atoms with Gasteiger partial charge in [-0.05, 0) is 41.8 Å². The van der Waals surface area contributed by atoms with Crippen LogP contribution in [0.4, 0.5) is 5.69 Å². The monoisotopic (exact) mass is 368 g/mol. The highest BCUT2D eigenvalue weighted by Crippen LogP contribution is 2.25. The molecule has 0 aliphatic carbocycles. The second-order valence-corrected chi connectivity index (χ2v) is 7.14. The lowest BCUT2D eigenvalue weighted by atomic mass is 10.1. The predicted molar refractivity (Wildman–Crippen MR) is 88.7 cm³/mol. The summed E-state index contributed by atoms with van der Waals surface area (Å²) in [4.78, 5) is 0.220. The predicted octanol–water partition coefficient (Wildman–Crippen LogP) is 3.27. The van der Waals surface area contributed by atoms with Crippen molar-refractivity contribution >= 4 is 31.6 Å². The summed E-state index contributed by atoms with van der Waals surface area (Å²) in [5.41, 5.74) is 7.73. The van der Waals surface area contributed by atoms with E-state index in [4.69, 9.17) is 5.73 Å². The van der Waals surface area contributed by atoms with Crippen molar-refractivity contribution in [2.75, 3.05) is 4.72 Å². The summed E-state index contributed by atoms with van der Waals surface area (Å²) in [6, 6.07) is 12.2. The van der Waals surface area contributed by atoms with E-state index in [2.05, 4.69) is 20.7 Å². The van der Waals surface area contributed by atoms with Crippen molar-refractivity contribution in [3.8, 4) is 0 Å². The quantitative estimate of drug-likeness (QED) is 0.850.